The van der Waals surface area contributed by atoms with E-state index in [9.17, 15) is 14.4 Å². The van der Waals surface area contributed by atoms with Gasteiger partial charge in [-0.05, 0) is 78.1 Å². The normalized spacial score (nSPS) is 13.0. The van der Waals surface area contributed by atoms with Gasteiger partial charge < -0.3 is 20.1 Å². The van der Waals surface area contributed by atoms with Gasteiger partial charge in [0.25, 0.3) is 5.91 Å². The quantitative estimate of drug-likeness (QED) is 0.107. The van der Waals surface area contributed by atoms with Crippen LogP contribution in [0.4, 0.5) is 11.4 Å². The number of nitrogens with one attached hydrogen (secondary N) is 2. The third-order valence-electron chi connectivity index (χ3n) is 8.44. The van der Waals surface area contributed by atoms with Crippen molar-refractivity contribution in [1.29, 1.82) is 0 Å². The first-order valence-electron chi connectivity index (χ1n) is 15.1. The molecule has 236 valence electrons. The van der Waals surface area contributed by atoms with E-state index >= 15 is 0 Å². The lowest BCUT2D eigenvalue weighted by molar-refractivity contribution is -0.123. The molecule has 0 fully saturated rings. The predicted octanol–water partition coefficient (Wildman–Crippen LogP) is 8.30. The van der Waals surface area contributed by atoms with Crippen LogP contribution in [0.5, 0.6) is 11.5 Å². The minimum absolute atomic E-state index is 0.0277. The van der Waals surface area contributed by atoms with Crippen LogP contribution in [-0.4, -0.2) is 36.2 Å². The van der Waals surface area contributed by atoms with E-state index in [2.05, 4.69) is 64.3 Å². The highest BCUT2D eigenvalue weighted by Crippen LogP contribution is 2.39. The summed E-state index contributed by atoms with van der Waals surface area (Å²) in [5, 5.41) is 4.12. The van der Waals surface area contributed by atoms with Crippen LogP contribution in [0.3, 0.4) is 0 Å². The summed E-state index contributed by atoms with van der Waals surface area (Å²) in [6, 6.07) is 19.5. The molecule has 2 atom stereocenters. The number of carbonyl (C=O) groups excluding carboxylic acids is 3. The van der Waals surface area contributed by atoms with E-state index in [0.717, 1.165) is 18.4 Å². The van der Waals surface area contributed by atoms with Crippen molar-refractivity contribution >= 4 is 40.6 Å². The fourth-order valence-corrected chi connectivity index (χ4v) is 4.79. The van der Waals surface area contributed by atoms with Crippen molar-refractivity contribution in [3.05, 3.63) is 83.4 Å². The van der Waals surface area contributed by atoms with E-state index in [-0.39, 0.29) is 22.3 Å². The first-order chi connectivity index (χ1) is 20.8. The van der Waals surface area contributed by atoms with Gasteiger partial charge in [0.2, 0.25) is 5.91 Å². The number of Topliss-reactive ketones (excluding diaryl/α,β-unsaturated/α-hetero) is 1. The highest BCUT2D eigenvalue weighted by atomic mass is 35.5. The van der Waals surface area contributed by atoms with Gasteiger partial charge in [-0.15, -0.1) is 11.6 Å². The van der Waals surface area contributed by atoms with Crippen LogP contribution in [0.25, 0.3) is 0 Å². The molecule has 0 radical (unpaired) electrons. The molecule has 7 nitrogen and oxygen atoms in total. The number of ketones is 1. The Morgan fingerprint density at radius 3 is 1.89 bits per heavy atom. The summed E-state index contributed by atoms with van der Waals surface area (Å²) in [5.74, 6) is -0.451. The largest absolute Gasteiger partial charge is 0.496 e. The number of halogens is 1. The van der Waals surface area contributed by atoms with Gasteiger partial charge in [0, 0.05) is 16.9 Å². The first-order valence-corrected chi connectivity index (χ1v) is 15.6. The van der Waals surface area contributed by atoms with Gasteiger partial charge in [-0.1, -0.05) is 72.7 Å². The molecule has 2 N–H and O–H groups in total. The van der Waals surface area contributed by atoms with Gasteiger partial charge in [0.05, 0.1) is 12.7 Å². The van der Waals surface area contributed by atoms with Crippen molar-refractivity contribution in [3.8, 4) is 11.5 Å². The Bertz CT molecular complexity index is 1470. The lowest BCUT2D eigenvalue weighted by Gasteiger charge is -2.31. The van der Waals surface area contributed by atoms with Gasteiger partial charge in [-0.3, -0.25) is 14.4 Å². The number of ether oxygens (including phenoxy) is 2. The zero-order valence-electron chi connectivity index (χ0n) is 27.0. The maximum absolute atomic E-state index is 13.3. The van der Waals surface area contributed by atoms with Crippen molar-refractivity contribution in [2.24, 2.45) is 0 Å². The first kappa shape index (κ1) is 34.6. The Kier molecular flexibility index (Phi) is 11.6. The lowest BCUT2D eigenvalue weighted by atomic mass is 9.76. The van der Waals surface area contributed by atoms with E-state index in [1.807, 2.05) is 13.0 Å². The van der Waals surface area contributed by atoms with Crippen LogP contribution < -0.4 is 20.1 Å². The summed E-state index contributed by atoms with van der Waals surface area (Å²) in [7, 11) is 1.44. The zero-order valence-corrected chi connectivity index (χ0v) is 27.8. The predicted molar refractivity (Wildman–Crippen MR) is 178 cm³/mol. The minimum Gasteiger partial charge on any atom is -0.496 e. The third kappa shape index (κ3) is 8.20. The molecule has 44 heavy (non-hydrogen) atoms. The summed E-state index contributed by atoms with van der Waals surface area (Å²) in [6.07, 6.45) is 1.70. The fourth-order valence-electron chi connectivity index (χ4n) is 4.62. The highest BCUT2D eigenvalue weighted by Gasteiger charge is 2.30. The second-order valence-electron chi connectivity index (χ2n) is 12.2. The van der Waals surface area contributed by atoms with Crippen LogP contribution in [-0.2, 0) is 20.4 Å². The maximum Gasteiger partial charge on any atom is 0.265 e. The molecule has 3 aromatic carbocycles. The van der Waals surface area contributed by atoms with Crippen molar-refractivity contribution in [2.75, 3.05) is 17.7 Å². The molecular weight excluding hydrogens is 576 g/mol. The van der Waals surface area contributed by atoms with E-state index in [4.69, 9.17) is 21.1 Å². The number of anilines is 2. The van der Waals surface area contributed by atoms with Gasteiger partial charge in [0.1, 0.15) is 11.5 Å². The molecule has 0 aliphatic rings. The zero-order chi connectivity index (χ0) is 32.7. The van der Waals surface area contributed by atoms with Gasteiger partial charge in [-0.25, -0.2) is 0 Å². The SMILES string of the molecule is CCC(Oc1ccc(C(C)(C)CC)cc1C(C)(C)CC)C(=O)Nc1ccc(NC(=O)C(Cl)C(=O)c2ccccc2OC)cc1. The molecular formula is C36H45ClN2O5. The van der Waals surface area contributed by atoms with Crippen LogP contribution >= 0.6 is 11.6 Å². The van der Waals surface area contributed by atoms with E-state index < -0.39 is 23.2 Å². The number of benzene rings is 3. The number of hydrogen-bond donors (Lipinski definition) is 2. The average molecular weight is 621 g/mol. The molecule has 8 heteroatoms. The van der Waals surface area contributed by atoms with Crippen molar-refractivity contribution in [2.45, 2.75) is 90.0 Å². The lowest BCUT2D eigenvalue weighted by Crippen LogP contribution is -2.33. The molecule has 0 aromatic heterocycles. The molecule has 0 bridgehead atoms. The standard InChI is InChI=1S/C36H45ClN2O5/c1-9-28(44-30-21-16-23(35(4,5)10-2)22-27(30)36(6,7)11-3)33(41)38-24-17-19-25(20-18-24)39-34(42)31(37)32(40)26-14-12-13-15-29(26)43-8/h12-22,28,31H,9-11H2,1-8H3,(H,38,41)(H,39,42). The Balaban J connectivity index is 1.70. The molecule has 0 saturated heterocycles. The molecule has 0 aliphatic carbocycles. The molecule has 0 saturated carbocycles. The summed E-state index contributed by atoms with van der Waals surface area (Å²) >= 11 is 6.21. The van der Waals surface area contributed by atoms with E-state index in [1.54, 1.807) is 48.5 Å². The number of rotatable bonds is 14. The topological polar surface area (TPSA) is 93.7 Å². The fraction of sp³-hybridized carbons (Fsp3) is 0.417. The van der Waals surface area contributed by atoms with Gasteiger partial charge in [-0.2, -0.15) is 0 Å². The van der Waals surface area contributed by atoms with Crippen molar-refractivity contribution in [3.63, 3.8) is 0 Å². The number of para-hydroxylation sites is 1. The summed E-state index contributed by atoms with van der Waals surface area (Å²) in [5.41, 5.74) is 3.42. The molecule has 2 unspecified atom stereocenters. The van der Waals surface area contributed by atoms with Crippen molar-refractivity contribution in [1.82, 2.24) is 0 Å². The summed E-state index contributed by atoms with van der Waals surface area (Å²) in [4.78, 5) is 38.8. The van der Waals surface area contributed by atoms with Crippen molar-refractivity contribution < 1.29 is 23.9 Å². The Morgan fingerprint density at radius 2 is 1.34 bits per heavy atom. The number of amides is 2. The summed E-state index contributed by atoms with van der Waals surface area (Å²) in [6.45, 7) is 15.1. The molecule has 0 heterocycles. The number of hydrogen-bond acceptors (Lipinski definition) is 5. The second kappa shape index (κ2) is 14.8. The number of alkyl halides is 1. The average Bonchev–Trinajstić information content (AvgIpc) is 3.03. The van der Waals surface area contributed by atoms with Crippen LogP contribution in [0, 0.1) is 0 Å². The smallest absolute Gasteiger partial charge is 0.265 e. The van der Waals surface area contributed by atoms with E-state index in [1.165, 1.54) is 12.7 Å². The maximum atomic E-state index is 13.3. The van der Waals surface area contributed by atoms with Crippen LogP contribution in [0.2, 0.25) is 0 Å². The Hall–Kier alpha value is -3.84. The van der Waals surface area contributed by atoms with E-state index in [0.29, 0.717) is 29.3 Å². The Labute approximate surface area is 266 Å². The summed E-state index contributed by atoms with van der Waals surface area (Å²) < 4.78 is 11.6. The molecule has 0 spiro atoms. The minimum atomic E-state index is -1.45. The highest BCUT2D eigenvalue weighted by molar-refractivity contribution is 6.45. The van der Waals surface area contributed by atoms with Crippen LogP contribution in [0.15, 0.2) is 66.7 Å². The van der Waals surface area contributed by atoms with Gasteiger partial charge >= 0.3 is 0 Å². The molecule has 3 rings (SSSR count). The van der Waals surface area contributed by atoms with Crippen LogP contribution in [0.1, 0.15) is 89.2 Å². The monoisotopic (exact) mass is 620 g/mol. The molecule has 0 aliphatic heterocycles. The second-order valence-corrected chi connectivity index (χ2v) is 12.6. The molecule has 2 amide bonds. The molecule has 3 aromatic rings. The number of carbonyl (C=O) groups is 3. The number of methoxy groups -OCH3 is 1. The Morgan fingerprint density at radius 1 is 0.773 bits per heavy atom. The van der Waals surface area contributed by atoms with Gasteiger partial charge in [0.15, 0.2) is 17.3 Å². The third-order valence-corrected chi connectivity index (χ3v) is 8.84.